The van der Waals surface area contributed by atoms with Crippen LogP contribution in [0.3, 0.4) is 0 Å². The fraction of sp³-hybridized carbons (Fsp3) is 0.962. The van der Waals surface area contributed by atoms with Crippen LogP contribution in [0.1, 0.15) is 144 Å². The number of nitrogens with zero attached hydrogens (tertiary/aromatic N) is 1. The topological polar surface area (TPSA) is 77.8 Å². The van der Waals surface area contributed by atoms with Crippen molar-refractivity contribution in [1.82, 2.24) is 4.90 Å². The van der Waals surface area contributed by atoms with Crippen molar-refractivity contribution in [3.05, 3.63) is 0 Å². The maximum atomic E-state index is 13.8. The molecule has 0 aromatic rings. The summed E-state index contributed by atoms with van der Waals surface area (Å²) in [5.41, 5.74) is -1.19. The van der Waals surface area contributed by atoms with Gasteiger partial charge in [-0.3, -0.25) is 9.36 Å². The third-order valence-electron chi connectivity index (χ3n) is 6.79. The smallest absolute Gasteiger partial charge is 0.336 e. The number of amides is 1. The van der Waals surface area contributed by atoms with Crippen LogP contribution in [0.25, 0.3) is 0 Å². The van der Waals surface area contributed by atoms with E-state index in [2.05, 4.69) is 34.6 Å². The van der Waals surface area contributed by atoms with E-state index in [9.17, 15) is 19.1 Å². The molecule has 1 amide bonds. The molecule has 0 rings (SSSR count). The van der Waals surface area contributed by atoms with Crippen molar-refractivity contribution < 1.29 is 19.1 Å². The predicted molar refractivity (Wildman–Crippen MR) is 137 cm³/mol. The van der Waals surface area contributed by atoms with E-state index in [1.54, 1.807) is 0 Å². The van der Waals surface area contributed by atoms with E-state index in [4.69, 9.17) is 0 Å². The molecule has 0 aliphatic rings. The van der Waals surface area contributed by atoms with E-state index in [0.29, 0.717) is 12.8 Å². The standard InChI is InChI=1S/C26H54NO4P/c1-6-11-14-15-16-19-22-25(32(29,30)31)26(28)27(23(9-4)20-17-12-7-2)24(10-5)21-18-13-8-3/h23-25H,6-22H2,1-5H3,(H2,29,30,31). The van der Waals surface area contributed by atoms with Gasteiger partial charge in [-0.1, -0.05) is 112 Å². The first kappa shape index (κ1) is 31.6. The Morgan fingerprint density at radius 3 is 1.44 bits per heavy atom. The maximum Gasteiger partial charge on any atom is 0.337 e. The van der Waals surface area contributed by atoms with Gasteiger partial charge >= 0.3 is 7.60 Å². The minimum atomic E-state index is -4.50. The van der Waals surface area contributed by atoms with Crippen LogP contribution in [0.15, 0.2) is 0 Å². The van der Waals surface area contributed by atoms with Crippen LogP contribution in [0.4, 0.5) is 0 Å². The van der Waals surface area contributed by atoms with Crippen molar-refractivity contribution in [1.29, 1.82) is 0 Å². The number of carbonyl (C=O) groups is 1. The molecule has 3 atom stereocenters. The molecule has 0 aromatic carbocycles. The molecule has 3 unspecified atom stereocenters. The molecule has 32 heavy (non-hydrogen) atoms. The molecule has 0 saturated carbocycles. The first-order chi connectivity index (χ1) is 15.3. The Labute approximate surface area is 199 Å². The molecule has 0 bridgehead atoms. The second kappa shape index (κ2) is 19.0. The number of hydrogen-bond acceptors (Lipinski definition) is 2. The molecular weight excluding hydrogens is 421 g/mol. The molecule has 0 aliphatic carbocycles. The van der Waals surface area contributed by atoms with E-state index < -0.39 is 13.3 Å². The Morgan fingerprint density at radius 1 is 0.656 bits per heavy atom. The van der Waals surface area contributed by atoms with Gasteiger partial charge in [0.15, 0.2) is 0 Å². The minimum Gasteiger partial charge on any atom is -0.336 e. The highest BCUT2D eigenvalue weighted by Crippen LogP contribution is 2.45. The molecule has 0 aliphatic heterocycles. The molecule has 192 valence electrons. The van der Waals surface area contributed by atoms with Gasteiger partial charge in [0, 0.05) is 12.1 Å². The Kier molecular flexibility index (Phi) is 18.8. The lowest BCUT2D eigenvalue weighted by Gasteiger charge is -2.40. The Morgan fingerprint density at radius 2 is 1.03 bits per heavy atom. The zero-order valence-electron chi connectivity index (χ0n) is 21.9. The monoisotopic (exact) mass is 475 g/mol. The summed E-state index contributed by atoms with van der Waals surface area (Å²) in [7, 11) is -4.50. The summed E-state index contributed by atoms with van der Waals surface area (Å²) in [6, 6.07) is 0.137. The van der Waals surface area contributed by atoms with Crippen LogP contribution in [-0.2, 0) is 9.36 Å². The third kappa shape index (κ3) is 12.8. The first-order valence-corrected chi connectivity index (χ1v) is 15.3. The molecule has 2 N–H and O–H groups in total. The molecular formula is C26H54NO4P. The van der Waals surface area contributed by atoms with Gasteiger partial charge in [0.2, 0.25) is 5.91 Å². The molecule has 0 radical (unpaired) electrons. The molecule has 0 fully saturated rings. The van der Waals surface area contributed by atoms with Crippen LogP contribution in [0.2, 0.25) is 0 Å². The molecule has 5 nitrogen and oxygen atoms in total. The minimum absolute atomic E-state index is 0.0687. The summed E-state index contributed by atoms with van der Waals surface area (Å²) in [5.74, 6) is -0.293. The van der Waals surface area contributed by atoms with E-state index >= 15 is 0 Å². The van der Waals surface area contributed by atoms with Gasteiger partial charge in [-0.05, 0) is 32.1 Å². The summed E-state index contributed by atoms with van der Waals surface area (Å²) in [6.45, 7) is 10.7. The summed E-state index contributed by atoms with van der Waals surface area (Å²) >= 11 is 0. The average molecular weight is 476 g/mol. The highest BCUT2D eigenvalue weighted by atomic mass is 31.2. The van der Waals surface area contributed by atoms with Crippen LogP contribution in [0.5, 0.6) is 0 Å². The quantitative estimate of drug-likeness (QED) is 0.131. The number of carbonyl (C=O) groups excluding carboxylic acids is 1. The highest BCUT2D eigenvalue weighted by molar-refractivity contribution is 7.53. The van der Waals surface area contributed by atoms with Crippen molar-refractivity contribution in [2.75, 3.05) is 0 Å². The van der Waals surface area contributed by atoms with Gasteiger partial charge in [0.05, 0.1) is 0 Å². The summed E-state index contributed by atoms with van der Waals surface area (Å²) < 4.78 is 12.4. The molecule has 0 aromatic heterocycles. The molecule has 6 heteroatoms. The lowest BCUT2D eigenvalue weighted by Crippen LogP contribution is -2.51. The van der Waals surface area contributed by atoms with E-state index in [1.165, 1.54) is 12.8 Å². The average Bonchev–Trinajstić information content (AvgIpc) is 2.75. The third-order valence-corrected chi connectivity index (χ3v) is 8.08. The Bertz CT molecular complexity index is 490. The van der Waals surface area contributed by atoms with E-state index in [0.717, 1.165) is 83.5 Å². The van der Waals surface area contributed by atoms with Gasteiger partial charge in [-0.25, -0.2) is 0 Å². The van der Waals surface area contributed by atoms with E-state index in [1.807, 2.05) is 4.90 Å². The van der Waals surface area contributed by atoms with Crippen molar-refractivity contribution in [3.63, 3.8) is 0 Å². The fourth-order valence-corrected chi connectivity index (χ4v) is 5.66. The maximum absolute atomic E-state index is 13.8. The summed E-state index contributed by atoms with van der Waals surface area (Å²) in [4.78, 5) is 36.0. The molecule has 0 saturated heterocycles. The highest BCUT2D eigenvalue weighted by Gasteiger charge is 2.41. The largest absolute Gasteiger partial charge is 0.337 e. The number of rotatable bonds is 21. The van der Waals surface area contributed by atoms with Gasteiger partial charge in [-0.2, -0.15) is 0 Å². The van der Waals surface area contributed by atoms with Crippen LogP contribution >= 0.6 is 7.60 Å². The summed E-state index contributed by atoms with van der Waals surface area (Å²) in [5, 5.41) is 0. The SMILES string of the molecule is CCCCCCCCC(C(=O)N(C(CC)CCCCC)C(CC)CCCCC)P(=O)(O)O. The normalized spacial score (nSPS) is 14.8. The van der Waals surface area contributed by atoms with Crippen LogP contribution in [0, 0.1) is 0 Å². The fourth-order valence-electron chi connectivity index (χ4n) is 4.72. The van der Waals surface area contributed by atoms with Crippen molar-refractivity contribution >= 4 is 13.5 Å². The molecule has 0 heterocycles. The molecule has 0 spiro atoms. The predicted octanol–water partition coefficient (Wildman–Crippen LogP) is 7.83. The van der Waals surface area contributed by atoms with Crippen molar-refractivity contribution in [2.45, 2.75) is 162 Å². The second-order valence-corrected chi connectivity index (χ2v) is 11.3. The lowest BCUT2D eigenvalue weighted by atomic mass is 9.97. The van der Waals surface area contributed by atoms with Gasteiger partial charge < -0.3 is 14.7 Å². The van der Waals surface area contributed by atoms with Crippen LogP contribution < -0.4 is 0 Å². The van der Waals surface area contributed by atoms with Gasteiger partial charge in [-0.15, -0.1) is 0 Å². The second-order valence-electron chi connectivity index (χ2n) is 9.52. The van der Waals surface area contributed by atoms with Crippen LogP contribution in [-0.4, -0.2) is 38.3 Å². The van der Waals surface area contributed by atoms with Crippen molar-refractivity contribution in [2.24, 2.45) is 0 Å². The zero-order valence-corrected chi connectivity index (χ0v) is 22.8. The van der Waals surface area contributed by atoms with Crippen molar-refractivity contribution in [3.8, 4) is 0 Å². The van der Waals surface area contributed by atoms with Gasteiger partial charge in [0.1, 0.15) is 5.66 Å². The Balaban J connectivity index is 5.58. The summed E-state index contributed by atoms with van der Waals surface area (Å²) in [6.07, 6.45) is 16.7. The number of unbranched alkanes of at least 4 members (excludes halogenated alkanes) is 9. The van der Waals surface area contributed by atoms with Gasteiger partial charge in [0.25, 0.3) is 0 Å². The lowest BCUT2D eigenvalue weighted by molar-refractivity contribution is -0.137. The van der Waals surface area contributed by atoms with E-state index in [-0.39, 0.29) is 18.0 Å². The zero-order chi connectivity index (χ0) is 24.4. The Hall–Kier alpha value is -0.380. The first-order valence-electron chi connectivity index (χ1n) is 13.7. The number of hydrogen-bond donors (Lipinski definition) is 2.